The number of amidine groups is 1. The fraction of sp³-hybridized carbons (Fsp3) is 0.667. The van der Waals surface area contributed by atoms with Crippen molar-refractivity contribution in [3.8, 4) is 0 Å². The van der Waals surface area contributed by atoms with Crippen LogP contribution in [0.1, 0.15) is 43.7 Å². The first kappa shape index (κ1) is 17.5. The highest BCUT2D eigenvalue weighted by Crippen LogP contribution is 2.44. The van der Waals surface area contributed by atoms with Crippen molar-refractivity contribution < 1.29 is 14.6 Å². The summed E-state index contributed by atoms with van der Waals surface area (Å²) in [5, 5.41) is 10.6. The summed E-state index contributed by atoms with van der Waals surface area (Å²) in [5.41, 5.74) is 1.85. The van der Waals surface area contributed by atoms with E-state index >= 15 is 0 Å². The average molecular weight is 371 g/mol. The summed E-state index contributed by atoms with van der Waals surface area (Å²) in [6, 6.07) is 9.16. The van der Waals surface area contributed by atoms with Gasteiger partial charge in [0.25, 0.3) is 6.02 Å². The highest BCUT2D eigenvalue weighted by atomic mass is 16.6. The molecule has 27 heavy (non-hydrogen) atoms. The van der Waals surface area contributed by atoms with Gasteiger partial charge in [-0.25, -0.2) is 0 Å². The average Bonchev–Trinajstić information content (AvgIpc) is 3.37. The lowest BCUT2D eigenvalue weighted by molar-refractivity contribution is -0.0775. The molecule has 4 heterocycles. The van der Waals surface area contributed by atoms with Crippen LogP contribution in [0, 0.1) is 0 Å². The van der Waals surface area contributed by atoms with Gasteiger partial charge in [0.1, 0.15) is 0 Å². The van der Waals surface area contributed by atoms with Gasteiger partial charge in [-0.3, -0.25) is 4.90 Å². The van der Waals surface area contributed by atoms with Crippen molar-refractivity contribution in [2.45, 2.75) is 56.6 Å². The van der Waals surface area contributed by atoms with Crippen molar-refractivity contribution in [1.82, 2.24) is 9.80 Å². The van der Waals surface area contributed by atoms with Crippen LogP contribution in [-0.4, -0.2) is 65.5 Å². The molecule has 146 valence electrons. The molecule has 2 unspecified atom stereocenters. The van der Waals surface area contributed by atoms with Crippen LogP contribution >= 0.6 is 0 Å². The van der Waals surface area contributed by atoms with E-state index in [0.29, 0.717) is 12.6 Å². The summed E-state index contributed by atoms with van der Waals surface area (Å²) in [5.74, 6) is 0. The first-order valence-corrected chi connectivity index (χ1v) is 10.2. The molecule has 1 spiro atoms. The Morgan fingerprint density at radius 1 is 1.15 bits per heavy atom. The predicted octanol–water partition coefficient (Wildman–Crippen LogP) is 2.07. The number of rotatable bonds is 2. The van der Waals surface area contributed by atoms with Crippen LogP contribution < -0.4 is 0 Å². The number of aliphatic hydroxyl groups excluding tert-OH is 1. The highest BCUT2D eigenvalue weighted by molar-refractivity contribution is 5.76. The van der Waals surface area contributed by atoms with E-state index < -0.39 is 11.8 Å². The van der Waals surface area contributed by atoms with E-state index in [0.717, 1.165) is 45.6 Å². The fourth-order valence-electron chi connectivity index (χ4n) is 5.03. The van der Waals surface area contributed by atoms with E-state index in [1.807, 2.05) is 6.92 Å². The molecule has 2 atom stereocenters. The molecule has 6 heteroatoms. The maximum absolute atomic E-state index is 10.6. The van der Waals surface area contributed by atoms with Crippen molar-refractivity contribution in [3.63, 3.8) is 0 Å². The maximum atomic E-state index is 10.6. The molecular formula is C21H29N3O3. The third-order valence-corrected chi connectivity index (χ3v) is 6.69. The van der Waals surface area contributed by atoms with Gasteiger partial charge in [0.15, 0.2) is 11.8 Å². The third-order valence-electron chi connectivity index (χ3n) is 6.69. The Morgan fingerprint density at radius 2 is 1.89 bits per heavy atom. The zero-order valence-electron chi connectivity index (χ0n) is 16.1. The van der Waals surface area contributed by atoms with Crippen molar-refractivity contribution in [3.05, 3.63) is 35.4 Å². The van der Waals surface area contributed by atoms with E-state index in [-0.39, 0.29) is 5.60 Å². The second-order valence-electron chi connectivity index (χ2n) is 8.61. The lowest BCUT2D eigenvalue weighted by Gasteiger charge is -2.40. The molecule has 1 aromatic rings. The Morgan fingerprint density at radius 3 is 2.67 bits per heavy atom. The van der Waals surface area contributed by atoms with Crippen molar-refractivity contribution in [2.24, 2.45) is 4.99 Å². The number of hydrogen-bond donors (Lipinski definition) is 1. The summed E-state index contributed by atoms with van der Waals surface area (Å²) in [4.78, 5) is 9.02. The Hall–Kier alpha value is -1.63. The molecule has 1 aromatic carbocycles. The lowest BCUT2D eigenvalue weighted by atomic mass is 9.84. The van der Waals surface area contributed by atoms with Gasteiger partial charge >= 0.3 is 0 Å². The minimum Gasteiger partial charge on any atom is -0.452 e. The first-order chi connectivity index (χ1) is 13.1. The maximum Gasteiger partial charge on any atom is 0.290 e. The number of likely N-dealkylation sites (tertiary alicyclic amines) is 2. The molecule has 2 saturated heterocycles. The molecule has 0 radical (unpaired) electrons. The molecule has 4 aliphatic rings. The molecule has 0 bridgehead atoms. The van der Waals surface area contributed by atoms with Gasteiger partial charge in [-0.2, -0.15) is 4.99 Å². The zero-order chi connectivity index (χ0) is 18.5. The van der Waals surface area contributed by atoms with E-state index in [1.54, 1.807) is 0 Å². The molecule has 0 amide bonds. The van der Waals surface area contributed by atoms with Gasteiger partial charge in [0.2, 0.25) is 0 Å². The topological polar surface area (TPSA) is 57.5 Å². The second-order valence-corrected chi connectivity index (χ2v) is 8.61. The SMILES string of the molecule is CC1(CN2CCCC2)OC(N2CCC3(CC2)OCc2ccccc23)=NC1O. The van der Waals surface area contributed by atoms with E-state index in [9.17, 15) is 5.11 Å². The number of benzene rings is 1. The summed E-state index contributed by atoms with van der Waals surface area (Å²) in [7, 11) is 0. The van der Waals surface area contributed by atoms with E-state index in [1.165, 1.54) is 24.0 Å². The molecule has 0 saturated carbocycles. The third kappa shape index (κ3) is 2.94. The monoisotopic (exact) mass is 371 g/mol. The molecular weight excluding hydrogens is 342 g/mol. The number of nitrogens with zero attached hydrogens (tertiary/aromatic N) is 3. The van der Waals surface area contributed by atoms with E-state index in [4.69, 9.17) is 9.47 Å². The number of fused-ring (bicyclic) bond motifs is 2. The molecule has 1 N–H and O–H groups in total. The van der Waals surface area contributed by atoms with Gasteiger partial charge in [-0.15, -0.1) is 0 Å². The van der Waals surface area contributed by atoms with Crippen LogP contribution in [0.15, 0.2) is 29.3 Å². The zero-order valence-corrected chi connectivity index (χ0v) is 16.1. The summed E-state index contributed by atoms with van der Waals surface area (Å²) >= 11 is 0. The Balaban J connectivity index is 1.25. The van der Waals surface area contributed by atoms with Gasteiger partial charge in [-0.05, 0) is 56.8 Å². The highest BCUT2D eigenvalue weighted by Gasteiger charge is 2.48. The quantitative estimate of drug-likeness (QED) is 0.863. The summed E-state index contributed by atoms with van der Waals surface area (Å²) in [6.45, 7) is 7.26. The molecule has 6 nitrogen and oxygen atoms in total. The minimum atomic E-state index is -0.799. The van der Waals surface area contributed by atoms with Gasteiger partial charge in [0, 0.05) is 19.6 Å². The van der Waals surface area contributed by atoms with Crippen molar-refractivity contribution >= 4 is 6.02 Å². The molecule has 2 fully saturated rings. The van der Waals surface area contributed by atoms with Crippen molar-refractivity contribution in [1.29, 1.82) is 0 Å². The van der Waals surface area contributed by atoms with Crippen molar-refractivity contribution in [2.75, 3.05) is 32.7 Å². The molecule has 0 aliphatic carbocycles. The van der Waals surface area contributed by atoms with Crippen LogP contribution in [-0.2, 0) is 21.7 Å². The minimum absolute atomic E-state index is 0.163. The standard InChI is InChI=1S/C21H29N3O3/c1-20(15-23-10-4-5-11-23)18(25)22-19(27-20)24-12-8-21(9-13-24)17-7-3-2-6-16(17)14-26-21/h2-3,6-7,18,25H,4-5,8-15H2,1H3. The largest absolute Gasteiger partial charge is 0.452 e. The van der Waals surface area contributed by atoms with Crippen LogP contribution in [0.5, 0.6) is 0 Å². The number of aliphatic hydroxyl groups is 1. The van der Waals surface area contributed by atoms with Crippen LogP contribution in [0.25, 0.3) is 0 Å². The Labute approximate surface area is 160 Å². The summed E-state index contributed by atoms with van der Waals surface area (Å²) in [6.07, 6.45) is 3.51. The molecule has 4 aliphatic heterocycles. The molecule has 0 aromatic heterocycles. The number of ether oxygens (including phenoxy) is 2. The number of aliphatic imine (C=N–C) groups is 1. The summed E-state index contributed by atoms with van der Waals surface area (Å²) < 4.78 is 12.5. The predicted molar refractivity (Wildman–Crippen MR) is 102 cm³/mol. The molecule has 5 rings (SSSR count). The fourth-order valence-corrected chi connectivity index (χ4v) is 5.03. The van der Waals surface area contributed by atoms with Crippen LogP contribution in [0.3, 0.4) is 0 Å². The van der Waals surface area contributed by atoms with Gasteiger partial charge < -0.3 is 19.5 Å². The smallest absolute Gasteiger partial charge is 0.290 e. The first-order valence-electron chi connectivity index (χ1n) is 10.2. The lowest BCUT2D eigenvalue weighted by Crippen LogP contribution is -2.50. The number of hydrogen-bond acceptors (Lipinski definition) is 6. The van der Waals surface area contributed by atoms with Gasteiger partial charge in [-0.1, -0.05) is 24.3 Å². The number of piperidine rings is 1. The Bertz CT molecular complexity index is 738. The van der Waals surface area contributed by atoms with Crippen LogP contribution in [0.2, 0.25) is 0 Å². The van der Waals surface area contributed by atoms with Gasteiger partial charge in [0.05, 0.1) is 12.2 Å². The second kappa shape index (κ2) is 6.47. The van der Waals surface area contributed by atoms with E-state index in [2.05, 4.69) is 39.1 Å². The van der Waals surface area contributed by atoms with Crippen LogP contribution in [0.4, 0.5) is 0 Å². The Kier molecular flexibility index (Phi) is 4.18. The normalized spacial score (nSPS) is 32.6.